The maximum atomic E-state index is 13.7. The zero-order chi connectivity index (χ0) is 83.8. The van der Waals surface area contributed by atoms with Gasteiger partial charge in [-0.2, -0.15) is 0 Å². The largest absolute Gasteiger partial charge is 0.493 e. The van der Waals surface area contributed by atoms with E-state index in [0.29, 0.717) is 83.1 Å². The molecule has 0 N–H and O–H groups in total. The SMILES string of the molecule is CCCCCCCCCCCCOc1cc(/C=C/c2ccc(C(=O)OCc3cc(OC)c(OCc4c[n+](CCCCCCCCCCN=[N+]=[N-])nn4C)c(OC)c3)cc2)c(OCCCCCCCCCCCC)cc1/C=C/c1ccc(C(=O)OCc2cc(OC)c(OCc3c[n+](CCCCCCCCCCN=[N+]=[N-])nn3C)c(OC)c2)cc1. The Kier molecular flexibility index (Phi) is 46.5. The van der Waals surface area contributed by atoms with Gasteiger partial charge in [-0.3, -0.25) is 0 Å². The molecule has 24 nitrogen and oxygen atoms in total. The van der Waals surface area contributed by atoms with Gasteiger partial charge in [0.15, 0.2) is 48.6 Å². The number of aryl methyl sites for hydroxylation is 4. The van der Waals surface area contributed by atoms with Crippen LogP contribution in [0.2, 0.25) is 0 Å². The van der Waals surface area contributed by atoms with Crippen LogP contribution in [0, 0.1) is 0 Å². The zero-order valence-corrected chi connectivity index (χ0v) is 72.3. The molecule has 0 aliphatic heterocycles. The van der Waals surface area contributed by atoms with E-state index in [0.717, 1.165) is 135 Å². The van der Waals surface area contributed by atoms with Crippen LogP contribution in [0.5, 0.6) is 46.0 Å². The lowest BCUT2D eigenvalue weighted by molar-refractivity contribution is -0.755. The molecule has 2 aromatic heterocycles. The first-order chi connectivity index (χ1) is 57.9. The minimum Gasteiger partial charge on any atom is -0.493 e. The number of aromatic nitrogens is 6. The Morgan fingerprint density at radius 1 is 0.381 bits per heavy atom. The van der Waals surface area contributed by atoms with Crippen LogP contribution in [-0.2, 0) is 63.1 Å². The van der Waals surface area contributed by atoms with E-state index in [1.807, 2.05) is 81.6 Å². The van der Waals surface area contributed by atoms with Crippen LogP contribution >= 0.6 is 0 Å². The van der Waals surface area contributed by atoms with Crippen LogP contribution in [-0.4, -0.2) is 86.5 Å². The first-order valence-electron chi connectivity index (χ1n) is 43.9. The molecular formula is C94H136N12O12+2. The van der Waals surface area contributed by atoms with Crippen LogP contribution < -0.4 is 47.3 Å². The Balaban J connectivity index is 0.991. The van der Waals surface area contributed by atoms with Gasteiger partial charge in [-0.15, -0.1) is 18.7 Å². The molecule has 642 valence electrons. The number of carbonyl (C=O) groups is 2. The van der Waals surface area contributed by atoms with Gasteiger partial charge < -0.3 is 47.4 Å². The maximum absolute atomic E-state index is 13.7. The van der Waals surface area contributed by atoms with Crippen molar-refractivity contribution in [2.24, 2.45) is 24.3 Å². The highest BCUT2D eigenvalue weighted by Gasteiger charge is 2.23. The molecular weight excluding hydrogens is 1490 g/mol. The second-order valence-corrected chi connectivity index (χ2v) is 30.6. The molecule has 0 saturated carbocycles. The number of hydrogen-bond donors (Lipinski definition) is 0. The summed E-state index contributed by atoms with van der Waals surface area (Å²) in [6, 6.07) is 26.1. The van der Waals surface area contributed by atoms with Crippen LogP contribution in [0.1, 0.15) is 310 Å². The fraction of sp³-hybridized carbons (Fsp3) is 0.574. The number of benzene rings is 5. The van der Waals surface area contributed by atoms with Gasteiger partial charge in [0, 0.05) is 34.0 Å². The number of nitrogens with zero attached hydrogens (tertiary/aromatic N) is 12. The molecule has 0 aliphatic rings. The summed E-state index contributed by atoms with van der Waals surface area (Å²) >= 11 is 0. The highest BCUT2D eigenvalue weighted by molar-refractivity contribution is 5.91. The molecule has 0 bridgehead atoms. The quantitative estimate of drug-likeness (QED) is 0.00653. The highest BCUT2D eigenvalue weighted by atomic mass is 16.6. The molecule has 0 unspecified atom stereocenters. The van der Waals surface area contributed by atoms with Crippen molar-refractivity contribution in [2.45, 2.75) is 285 Å². The number of ether oxygens (including phenoxy) is 10. The Morgan fingerprint density at radius 3 is 1.00 bits per heavy atom. The molecule has 7 rings (SSSR count). The summed E-state index contributed by atoms with van der Waals surface area (Å²) in [5.41, 5.74) is 24.3. The third kappa shape index (κ3) is 36.0. The monoisotopic (exact) mass is 1630 g/mol. The molecule has 0 amide bonds. The lowest BCUT2D eigenvalue weighted by atomic mass is 10.0. The van der Waals surface area contributed by atoms with Crippen LogP contribution in [0.4, 0.5) is 0 Å². The molecule has 0 spiro atoms. The number of hydrogen-bond acceptors (Lipinski definition) is 16. The third-order valence-corrected chi connectivity index (χ3v) is 21.2. The van der Waals surface area contributed by atoms with E-state index in [9.17, 15) is 9.59 Å². The van der Waals surface area contributed by atoms with Gasteiger partial charge in [0.2, 0.25) is 22.9 Å². The van der Waals surface area contributed by atoms with Crippen LogP contribution in [0.15, 0.2) is 108 Å². The van der Waals surface area contributed by atoms with Gasteiger partial charge in [-0.1, -0.05) is 252 Å². The first-order valence-corrected chi connectivity index (χ1v) is 43.9. The topological polar surface area (TPSA) is 267 Å². The molecule has 24 heteroatoms. The Hall–Kier alpha value is -10.2. The lowest BCUT2D eigenvalue weighted by Gasteiger charge is -2.16. The molecule has 0 radical (unpaired) electrons. The number of esters is 2. The summed E-state index contributed by atoms with van der Waals surface area (Å²) < 4.78 is 68.7. The highest BCUT2D eigenvalue weighted by Crippen LogP contribution is 2.41. The van der Waals surface area contributed by atoms with Crippen molar-refractivity contribution >= 4 is 36.2 Å². The Labute approximate surface area is 702 Å². The standard InChI is InChI=1S/C94H136N12O12/c1-9-11-13-15-17-19-25-31-37-43-61-113-85-67-82(56-50-76-47-53-80(54-48-76)94(108)118-72-78-65-89(111-7)92(90(66-78)112-8)116-74-84-70-106(102-104(84)4)60-42-36-30-24-22-28-34-40-58-98-100-96)86(114-62-44-38-32-26-20-18-16-14-12-10-2)68-81(85)55-49-75-45-51-79(52-46-75)93(107)117-71-77-63-87(109-5)91(88(64-77)110-6)115-73-83-69-105(101-103(83)3)59-41-35-29-23-21-27-33-39-57-97-99-95/h45-56,63-70H,9-44,57-62,71-74H2,1-8H3/q+2/b55-49+,56-50+. The van der Waals surface area contributed by atoms with E-state index in [1.54, 1.807) is 77.0 Å². The maximum Gasteiger partial charge on any atom is 0.338 e. The molecule has 0 atom stereocenters. The summed E-state index contributed by atoms with van der Waals surface area (Å²) in [5, 5.41) is 16.6. The van der Waals surface area contributed by atoms with Gasteiger partial charge in [-0.25, -0.2) is 9.59 Å². The number of rotatable bonds is 66. The normalized spacial score (nSPS) is 11.3. The average molecular weight is 1630 g/mol. The molecule has 0 fully saturated rings. The Bertz CT molecular complexity index is 3870. The van der Waals surface area contributed by atoms with Crippen molar-refractivity contribution in [1.82, 2.24) is 19.8 Å². The number of carbonyl (C=O) groups excluding carboxylic acids is 2. The van der Waals surface area contributed by atoms with Crippen LogP contribution in [0.3, 0.4) is 0 Å². The van der Waals surface area contributed by atoms with Crippen LogP contribution in [0.25, 0.3) is 45.2 Å². The molecule has 0 aliphatic carbocycles. The fourth-order valence-corrected chi connectivity index (χ4v) is 14.2. The van der Waals surface area contributed by atoms with Crippen molar-refractivity contribution < 1.29 is 66.3 Å². The van der Waals surface area contributed by atoms with E-state index in [4.69, 9.17) is 58.4 Å². The third-order valence-electron chi connectivity index (χ3n) is 21.2. The number of unbranched alkanes of at least 4 members (excludes halogenated alkanes) is 32. The fourth-order valence-electron chi connectivity index (χ4n) is 14.2. The second kappa shape index (κ2) is 57.8. The first kappa shape index (κ1) is 95.0. The van der Waals surface area contributed by atoms with Gasteiger partial charge in [0.05, 0.1) is 63.2 Å². The van der Waals surface area contributed by atoms with Gasteiger partial charge >= 0.3 is 11.9 Å². The minimum absolute atomic E-state index is 0.0272. The van der Waals surface area contributed by atoms with Gasteiger partial charge in [0.1, 0.15) is 51.9 Å². The van der Waals surface area contributed by atoms with Crippen molar-refractivity contribution in [3.05, 3.63) is 174 Å². The second-order valence-electron chi connectivity index (χ2n) is 30.6. The average Bonchev–Trinajstić information content (AvgIpc) is 1.53. The summed E-state index contributed by atoms with van der Waals surface area (Å²) in [4.78, 5) is 33.1. The van der Waals surface area contributed by atoms with E-state index in [2.05, 4.69) is 68.6 Å². The van der Waals surface area contributed by atoms with Gasteiger partial charge in [-0.05, 0) is 145 Å². The van der Waals surface area contributed by atoms with Crippen molar-refractivity contribution in [1.29, 1.82) is 0 Å². The van der Waals surface area contributed by atoms with Gasteiger partial charge in [0.25, 0.3) is 0 Å². The van der Waals surface area contributed by atoms with E-state index >= 15 is 0 Å². The molecule has 118 heavy (non-hydrogen) atoms. The summed E-state index contributed by atoms with van der Waals surface area (Å²) in [7, 11) is 10.1. The Morgan fingerprint density at radius 2 is 0.686 bits per heavy atom. The molecule has 0 saturated heterocycles. The van der Waals surface area contributed by atoms with E-state index < -0.39 is 11.9 Å². The number of azide groups is 2. The zero-order valence-electron chi connectivity index (χ0n) is 72.3. The van der Waals surface area contributed by atoms with E-state index in [1.165, 1.54) is 154 Å². The molecule has 2 heterocycles. The van der Waals surface area contributed by atoms with Crippen molar-refractivity contribution in [3.8, 4) is 46.0 Å². The summed E-state index contributed by atoms with van der Waals surface area (Å²) in [6.45, 7) is 8.84. The lowest BCUT2D eigenvalue weighted by Crippen LogP contribution is -2.35. The predicted octanol–water partition coefficient (Wildman–Crippen LogP) is 23.4. The predicted molar refractivity (Wildman–Crippen MR) is 467 cm³/mol. The van der Waals surface area contributed by atoms with Crippen molar-refractivity contribution in [3.63, 3.8) is 0 Å². The molecule has 5 aromatic carbocycles. The minimum atomic E-state index is -0.476. The van der Waals surface area contributed by atoms with Crippen molar-refractivity contribution in [2.75, 3.05) is 54.7 Å². The number of methoxy groups -OCH3 is 4. The summed E-state index contributed by atoms with van der Waals surface area (Å²) in [6.07, 6.45) is 54.5. The summed E-state index contributed by atoms with van der Waals surface area (Å²) in [5.74, 6) is 3.16. The van der Waals surface area contributed by atoms with E-state index in [-0.39, 0.29) is 26.4 Å². The smallest absolute Gasteiger partial charge is 0.338 e. The molecule has 7 aromatic rings.